The summed E-state index contributed by atoms with van der Waals surface area (Å²) in [5.41, 5.74) is 1.86. The molecule has 0 atom stereocenters. The molecule has 2 aromatic rings. The zero-order valence-corrected chi connectivity index (χ0v) is 14.3. The predicted molar refractivity (Wildman–Crippen MR) is 94.1 cm³/mol. The van der Waals surface area contributed by atoms with Crippen LogP contribution in [0.4, 0.5) is 5.13 Å². The number of carbonyl (C=O) groups is 2. The molecule has 7 nitrogen and oxygen atoms in total. The van der Waals surface area contributed by atoms with E-state index in [2.05, 4.69) is 21.5 Å². The standard InChI is InChI=1S/C17H15N5O2S/c1-22-15(23)7-6-14(21-22)16(24)20-17-19-10-13(25-17)8-11-4-2-3-5-12(11)9-18/h2-5,10H,6-8H2,1H3,(H,19,20,24). The summed E-state index contributed by atoms with van der Waals surface area (Å²) in [4.78, 5) is 28.8. The number of nitrogens with zero attached hydrogens (tertiary/aromatic N) is 4. The molecule has 1 aromatic heterocycles. The number of anilines is 1. The molecule has 0 saturated carbocycles. The molecule has 0 saturated heterocycles. The molecule has 8 heteroatoms. The van der Waals surface area contributed by atoms with Crippen LogP contribution in [0, 0.1) is 11.3 Å². The number of rotatable bonds is 4. The van der Waals surface area contributed by atoms with Gasteiger partial charge in [0, 0.05) is 37.4 Å². The van der Waals surface area contributed by atoms with Crippen molar-refractivity contribution >= 4 is 34.0 Å². The van der Waals surface area contributed by atoms with E-state index in [9.17, 15) is 9.59 Å². The molecular weight excluding hydrogens is 338 g/mol. The van der Waals surface area contributed by atoms with E-state index in [-0.39, 0.29) is 18.2 Å². The Labute approximate surface area is 148 Å². The average Bonchev–Trinajstić information content (AvgIpc) is 3.04. The van der Waals surface area contributed by atoms with Crippen molar-refractivity contribution in [3.63, 3.8) is 0 Å². The molecule has 1 aliphatic heterocycles. The molecule has 1 N–H and O–H groups in total. The van der Waals surface area contributed by atoms with Crippen LogP contribution in [-0.4, -0.2) is 34.6 Å². The lowest BCUT2D eigenvalue weighted by Gasteiger charge is -2.18. The SMILES string of the molecule is CN1N=C(C(=O)Nc2ncc(Cc3ccccc3C#N)s2)CCC1=O. The van der Waals surface area contributed by atoms with E-state index >= 15 is 0 Å². The molecule has 25 heavy (non-hydrogen) atoms. The van der Waals surface area contributed by atoms with E-state index in [1.165, 1.54) is 23.4 Å². The van der Waals surface area contributed by atoms with Crippen LogP contribution in [-0.2, 0) is 16.0 Å². The van der Waals surface area contributed by atoms with Gasteiger partial charge in [0.2, 0.25) is 5.91 Å². The van der Waals surface area contributed by atoms with Crippen molar-refractivity contribution in [1.82, 2.24) is 9.99 Å². The summed E-state index contributed by atoms with van der Waals surface area (Å²) in [6.45, 7) is 0. The Kier molecular flexibility index (Phi) is 4.86. The topological polar surface area (TPSA) is 98.4 Å². The first kappa shape index (κ1) is 16.8. The molecule has 0 radical (unpaired) electrons. The first-order valence-electron chi connectivity index (χ1n) is 7.65. The largest absolute Gasteiger partial charge is 0.297 e. The second-order valence-electron chi connectivity index (χ2n) is 5.50. The second-order valence-corrected chi connectivity index (χ2v) is 6.61. The van der Waals surface area contributed by atoms with Crippen molar-refractivity contribution in [2.45, 2.75) is 19.3 Å². The Morgan fingerprint density at radius 3 is 2.96 bits per heavy atom. The summed E-state index contributed by atoms with van der Waals surface area (Å²) in [5, 5.41) is 17.5. The van der Waals surface area contributed by atoms with E-state index < -0.39 is 0 Å². The van der Waals surface area contributed by atoms with Crippen molar-refractivity contribution in [3.8, 4) is 6.07 Å². The first-order valence-corrected chi connectivity index (χ1v) is 8.46. The van der Waals surface area contributed by atoms with E-state index in [1.807, 2.05) is 18.2 Å². The summed E-state index contributed by atoms with van der Waals surface area (Å²) in [6.07, 6.45) is 2.86. The third-order valence-corrected chi connectivity index (χ3v) is 4.66. The van der Waals surface area contributed by atoms with Crippen molar-refractivity contribution in [1.29, 1.82) is 5.26 Å². The fourth-order valence-electron chi connectivity index (χ4n) is 2.42. The second kappa shape index (κ2) is 7.23. The summed E-state index contributed by atoms with van der Waals surface area (Å²) < 4.78 is 0. The van der Waals surface area contributed by atoms with Gasteiger partial charge in [-0.05, 0) is 11.6 Å². The molecule has 2 heterocycles. The highest BCUT2D eigenvalue weighted by atomic mass is 32.1. The maximum atomic E-state index is 12.2. The molecular formula is C17H15N5O2S. The molecule has 0 aliphatic carbocycles. The molecule has 3 rings (SSSR count). The molecule has 0 fully saturated rings. The van der Waals surface area contributed by atoms with Crippen molar-refractivity contribution in [3.05, 3.63) is 46.5 Å². The normalized spacial score (nSPS) is 14.0. The minimum Gasteiger partial charge on any atom is -0.297 e. The molecule has 2 amide bonds. The molecule has 1 aliphatic rings. The van der Waals surface area contributed by atoms with Crippen LogP contribution in [0.1, 0.15) is 28.8 Å². The summed E-state index contributed by atoms with van der Waals surface area (Å²) in [5.74, 6) is -0.457. The van der Waals surface area contributed by atoms with E-state index in [4.69, 9.17) is 5.26 Å². The van der Waals surface area contributed by atoms with Gasteiger partial charge in [0.1, 0.15) is 5.71 Å². The van der Waals surface area contributed by atoms with Crippen LogP contribution >= 0.6 is 11.3 Å². The van der Waals surface area contributed by atoms with Crippen LogP contribution in [0.15, 0.2) is 35.6 Å². The highest BCUT2D eigenvalue weighted by molar-refractivity contribution is 7.15. The average molecular weight is 353 g/mol. The quantitative estimate of drug-likeness (QED) is 0.910. The van der Waals surface area contributed by atoms with Gasteiger partial charge in [0.25, 0.3) is 5.91 Å². The summed E-state index contributed by atoms with van der Waals surface area (Å²) in [7, 11) is 1.53. The fraction of sp³-hybridized carbons (Fsp3) is 0.235. The number of hydrogen-bond acceptors (Lipinski definition) is 6. The van der Waals surface area contributed by atoms with Crippen LogP contribution in [0.3, 0.4) is 0 Å². The Hall–Kier alpha value is -3.05. The predicted octanol–water partition coefficient (Wildman–Crippen LogP) is 2.15. The number of thiazole rings is 1. The number of benzene rings is 1. The van der Waals surface area contributed by atoms with Gasteiger partial charge in [-0.3, -0.25) is 14.9 Å². The molecule has 126 valence electrons. The number of nitrogens with one attached hydrogen (secondary N) is 1. The smallest absolute Gasteiger partial charge is 0.273 e. The van der Waals surface area contributed by atoms with Crippen LogP contribution < -0.4 is 5.32 Å². The number of aromatic nitrogens is 1. The highest BCUT2D eigenvalue weighted by Crippen LogP contribution is 2.23. The monoisotopic (exact) mass is 353 g/mol. The minimum absolute atomic E-state index is 0.107. The lowest BCUT2D eigenvalue weighted by atomic mass is 10.1. The Morgan fingerprint density at radius 1 is 1.40 bits per heavy atom. The zero-order chi connectivity index (χ0) is 17.8. The number of amides is 2. The molecule has 1 aromatic carbocycles. The van der Waals surface area contributed by atoms with E-state index in [0.717, 1.165) is 10.4 Å². The van der Waals surface area contributed by atoms with Crippen molar-refractivity contribution in [2.75, 3.05) is 12.4 Å². The molecule has 0 bridgehead atoms. The summed E-state index contributed by atoms with van der Waals surface area (Å²) in [6, 6.07) is 9.57. The lowest BCUT2D eigenvalue weighted by molar-refractivity contribution is -0.130. The molecule has 0 spiro atoms. The molecule has 0 unspecified atom stereocenters. The first-order chi connectivity index (χ1) is 12.1. The van der Waals surface area contributed by atoms with Gasteiger partial charge in [0.15, 0.2) is 5.13 Å². The lowest BCUT2D eigenvalue weighted by Crippen LogP contribution is -2.34. The van der Waals surface area contributed by atoms with Gasteiger partial charge in [-0.1, -0.05) is 18.2 Å². The Balaban J connectivity index is 1.68. The van der Waals surface area contributed by atoms with Gasteiger partial charge < -0.3 is 0 Å². The number of hydrazone groups is 1. The number of carbonyl (C=O) groups excluding carboxylic acids is 2. The van der Waals surface area contributed by atoms with Crippen molar-refractivity contribution < 1.29 is 9.59 Å². The van der Waals surface area contributed by atoms with Gasteiger partial charge in [-0.15, -0.1) is 11.3 Å². The highest BCUT2D eigenvalue weighted by Gasteiger charge is 2.22. The van der Waals surface area contributed by atoms with Gasteiger partial charge in [-0.2, -0.15) is 10.4 Å². The van der Waals surface area contributed by atoms with Gasteiger partial charge >= 0.3 is 0 Å². The van der Waals surface area contributed by atoms with E-state index in [1.54, 1.807) is 12.3 Å². The zero-order valence-electron chi connectivity index (χ0n) is 13.5. The van der Waals surface area contributed by atoms with Gasteiger partial charge in [0.05, 0.1) is 11.6 Å². The van der Waals surface area contributed by atoms with Crippen LogP contribution in [0.5, 0.6) is 0 Å². The van der Waals surface area contributed by atoms with Crippen LogP contribution in [0.25, 0.3) is 0 Å². The number of hydrogen-bond donors (Lipinski definition) is 1. The Bertz CT molecular complexity index is 896. The summed E-state index contributed by atoms with van der Waals surface area (Å²) >= 11 is 1.35. The third-order valence-electron chi connectivity index (χ3n) is 3.75. The Morgan fingerprint density at radius 2 is 2.20 bits per heavy atom. The van der Waals surface area contributed by atoms with Crippen LogP contribution in [0.2, 0.25) is 0 Å². The maximum absolute atomic E-state index is 12.2. The minimum atomic E-state index is -0.349. The third kappa shape index (κ3) is 3.89. The maximum Gasteiger partial charge on any atom is 0.273 e. The van der Waals surface area contributed by atoms with Crippen molar-refractivity contribution in [2.24, 2.45) is 5.10 Å². The fourth-order valence-corrected chi connectivity index (χ4v) is 3.25. The van der Waals surface area contributed by atoms with Gasteiger partial charge in [-0.25, -0.2) is 9.99 Å². The van der Waals surface area contributed by atoms with E-state index in [0.29, 0.717) is 29.2 Å². The number of nitriles is 1.